The van der Waals surface area contributed by atoms with Crippen molar-refractivity contribution < 1.29 is 4.84 Å². The van der Waals surface area contributed by atoms with Gasteiger partial charge in [0.05, 0.1) is 6.21 Å². The first-order valence-electron chi connectivity index (χ1n) is 3.69. The average molecular weight is 165 g/mol. The second kappa shape index (κ2) is 5.26. The lowest BCUT2D eigenvalue weighted by atomic mass is 10.3. The first kappa shape index (κ1) is 8.67. The van der Waals surface area contributed by atoms with E-state index in [9.17, 15) is 0 Å². The van der Waals surface area contributed by atoms with Gasteiger partial charge in [0.25, 0.3) is 0 Å². The summed E-state index contributed by atoms with van der Waals surface area (Å²) in [4.78, 5) is 8.68. The Morgan fingerprint density at radius 1 is 1.50 bits per heavy atom. The molecule has 0 aliphatic heterocycles. The van der Waals surface area contributed by atoms with Gasteiger partial charge in [-0.05, 0) is 17.7 Å². The molecule has 1 aromatic rings. The van der Waals surface area contributed by atoms with Gasteiger partial charge >= 0.3 is 0 Å². The molecule has 0 spiro atoms. The molecule has 0 atom stereocenters. The minimum atomic E-state index is 0.446. The van der Waals surface area contributed by atoms with Crippen LogP contribution in [0.4, 0.5) is 0 Å². The van der Waals surface area contributed by atoms with Crippen molar-refractivity contribution in [1.29, 1.82) is 0 Å². The van der Waals surface area contributed by atoms with Crippen LogP contribution in [0.1, 0.15) is 5.56 Å². The van der Waals surface area contributed by atoms with Crippen LogP contribution in [-0.2, 0) is 4.84 Å². The van der Waals surface area contributed by atoms with E-state index < -0.39 is 0 Å². The van der Waals surface area contributed by atoms with Crippen molar-refractivity contribution in [2.45, 2.75) is 0 Å². The molecular weight excluding hydrogens is 154 g/mol. The fourth-order valence-electron chi connectivity index (χ4n) is 0.653. The third kappa shape index (κ3) is 3.12. The molecule has 2 N–H and O–H groups in total. The maximum atomic E-state index is 5.20. The predicted octanol–water partition coefficient (Wildman–Crippen LogP) is 0.391. The smallest absolute Gasteiger partial charge is 0.129 e. The fourth-order valence-corrected chi connectivity index (χ4v) is 0.653. The number of nitrogens with two attached hydrogens (primary N) is 1. The molecule has 0 aliphatic rings. The summed E-state index contributed by atoms with van der Waals surface area (Å²) in [6.07, 6.45) is 5.02. The zero-order valence-electron chi connectivity index (χ0n) is 6.68. The van der Waals surface area contributed by atoms with Crippen molar-refractivity contribution in [2.75, 3.05) is 13.2 Å². The molecule has 0 fully saturated rings. The van der Waals surface area contributed by atoms with Crippen LogP contribution in [0, 0.1) is 0 Å². The molecule has 4 heteroatoms. The number of pyridine rings is 1. The van der Waals surface area contributed by atoms with Crippen LogP contribution < -0.4 is 5.73 Å². The van der Waals surface area contributed by atoms with E-state index in [1.54, 1.807) is 18.6 Å². The first-order valence-corrected chi connectivity index (χ1v) is 3.69. The summed E-state index contributed by atoms with van der Waals surface area (Å²) in [5.74, 6) is 0. The highest BCUT2D eigenvalue weighted by atomic mass is 16.6. The van der Waals surface area contributed by atoms with E-state index in [2.05, 4.69) is 10.1 Å². The van der Waals surface area contributed by atoms with Crippen LogP contribution in [0.2, 0.25) is 0 Å². The van der Waals surface area contributed by atoms with Crippen LogP contribution in [-0.4, -0.2) is 24.4 Å². The number of aromatic nitrogens is 1. The normalized spacial score (nSPS) is 10.4. The molecule has 0 radical (unpaired) electrons. The number of rotatable bonds is 4. The quantitative estimate of drug-likeness (QED) is 0.399. The highest BCUT2D eigenvalue weighted by Crippen LogP contribution is 1.90. The van der Waals surface area contributed by atoms with E-state index in [1.807, 2.05) is 12.1 Å². The molecule has 0 unspecified atom stereocenters. The molecular formula is C8H11N3O. The molecule has 1 heterocycles. The SMILES string of the molecule is NCCO/N=C/c1ccncc1. The molecule has 0 aromatic carbocycles. The summed E-state index contributed by atoms with van der Waals surface area (Å²) in [5.41, 5.74) is 6.16. The van der Waals surface area contributed by atoms with Gasteiger partial charge in [-0.2, -0.15) is 0 Å². The van der Waals surface area contributed by atoms with Gasteiger partial charge in [0.1, 0.15) is 6.61 Å². The lowest BCUT2D eigenvalue weighted by molar-refractivity contribution is 0.154. The molecule has 1 rings (SSSR count). The number of nitrogens with zero attached hydrogens (tertiary/aromatic N) is 2. The molecule has 12 heavy (non-hydrogen) atoms. The Morgan fingerprint density at radius 3 is 2.92 bits per heavy atom. The summed E-state index contributed by atoms with van der Waals surface area (Å²) >= 11 is 0. The molecule has 0 bridgehead atoms. The lowest BCUT2D eigenvalue weighted by Gasteiger charge is -1.93. The van der Waals surface area contributed by atoms with Crippen LogP contribution in [0.15, 0.2) is 29.7 Å². The topological polar surface area (TPSA) is 60.5 Å². The number of oxime groups is 1. The van der Waals surface area contributed by atoms with Crippen molar-refractivity contribution in [3.05, 3.63) is 30.1 Å². The summed E-state index contributed by atoms with van der Waals surface area (Å²) < 4.78 is 0. The van der Waals surface area contributed by atoms with E-state index in [0.29, 0.717) is 13.2 Å². The first-order chi connectivity index (χ1) is 5.93. The minimum absolute atomic E-state index is 0.446. The molecule has 0 aliphatic carbocycles. The summed E-state index contributed by atoms with van der Waals surface area (Å²) in [7, 11) is 0. The van der Waals surface area contributed by atoms with Crippen LogP contribution in [0.25, 0.3) is 0 Å². The average Bonchev–Trinajstić information content (AvgIpc) is 2.14. The van der Waals surface area contributed by atoms with Gasteiger partial charge in [0.2, 0.25) is 0 Å². The van der Waals surface area contributed by atoms with Gasteiger partial charge in [-0.15, -0.1) is 0 Å². The van der Waals surface area contributed by atoms with Crippen LogP contribution in [0.5, 0.6) is 0 Å². The van der Waals surface area contributed by atoms with Gasteiger partial charge in [0, 0.05) is 18.9 Å². The van der Waals surface area contributed by atoms with Crippen molar-refractivity contribution >= 4 is 6.21 Å². The Labute approximate surface area is 71.0 Å². The number of hydrogen-bond acceptors (Lipinski definition) is 4. The zero-order valence-corrected chi connectivity index (χ0v) is 6.68. The van der Waals surface area contributed by atoms with E-state index in [-0.39, 0.29) is 0 Å². The highest BCUT2D eigenvalue weighted by Gasteiger charge is 1.83. The van der Waals surface area contributed by atoms with Crippen LogP contribution >= 0.6 is 0 Å². The molecule has 0 saturated carbocycles. The van der Waals surface area contributed by atoms with E-state index >= 15 is 0 Å². The van der Waals surface area contributed by atoms with Gasteiger partial charge in [-0.3, -0.25) is 4.98 Å². The third-order valence-corrected chi connectivity index (χ3v) is 1.19. The Balaban J connectivity index is 2.36. The zero-order chi connectivity index (χ0) is 8.65. The minimum Gasteiger partial charge on any atom is -0.394 e. The second-order valence-electron chi connectivity index (χ2n) is 2.14. The van der Waals surface area contributed by atoms with Gasteiger partial charge in [-0.25, -0.2) is 0 Å². The Hall–Kier alpha value is -1.42. The van der Waals surface area contributed by atoms with Crippen LogP contribution in [0.3, 0.4) is 0 Å². The van der Waals surface area contributed by atoms with Crippen molar-refractivity contribution in [3.63, 3.8) is 0 Å². The summed E-state index contributed by atoms with van der Waals surface area (Å²) in [5, 5.41) is 3.70. The van der Waals surface area contributed by atoms with E-state index in [1.165, 1.54) is 0 Å². The van der Waals surface area contributed by atoms with Crippen molar-refractivity contribution in [3.8, 4) is 0 Å². The van der Waals surface area contributed by atoms with Crippen molar-refractivity contribution in [2.24, 2.45) is 10.9 Å². The predicted molar refractivity (Wildman–Crippen MR) is 46.8 cm³/mol. The van der Waals surface area contributed by atoms with Gasteiger partial charge < -0.3 is 10.6 Å². The molecule has 0 amide bonds. The maximum Gasteiger partial charge on any atom is 0.129 e. The molecule has 4 nitrogen and oxygen atoms in total. The Bertz CT molecular complexity index is 235. The Morgan fingerprint density at radius 2 is 2.25 bits per heavy atom. The maximum absolute atomic E-state index is 5.20. The largest absolute Gasteiger partial charge is 0.394 e. The van der Waals surface area contributed by atoms with Crippen molar-refractivity contribution in [1.82, 2.24) is 4.98 Å². The second-order valence-corrected chi connectivity index (χ2v) is 2.14. The number of hydrogen-bond donors (Lipinski definition) is 1. The van der Waals surface area contributed by atoms with Gasteiger partial charge in [-0.1, -0.05) is 5.16 Å². The van der Waals surface area contributed by atoms with Gasteiger partial charge in [0.15, 0.2) is 0 Å². The Kier molecular flexibility index (Phi) is 3.80. The third-order valence-electron chi connectivity index (χ3n) is 1.19. The fraction of sp³-hybridized carbons (Fsp3) is 0.250. The summed E-state index contributed by atoms with van der Waals surface area (Å²) in [6.45, 7) is 0.926. The van der Waals surface area contributed by atoms with E-state index in [4.69, 9.17) is 10.6 Å². The summed E-state index contributed by atoms with van der Waals surface area (Å²) in [6, 6.07) is 3.69. The van der Waals surface area contributed by atoms with E-state index in [0.717, 1.165) is 5.56 Å². The molecule has 1 aromatic heterocycles. The highest BCUT2D eigenvalue weighted by molar-refractivity contribution is 5.78. The molecule has 64 valence electrons. The lowest BCUT2D eigenvalue weighted by Crippen LogP contribution is -2.05. The monoisotopic (exact) mass is 165 g/mol. The standard InChI is InChI=1S/C8H11N3O/c9-3-6-12-11-7-8-1-4-10-5-2-8/h1-2,4-5,7H,3,6,9H2/b11-7+. The molecule has 0 saturated heterocycles.